The van der Waals surface area contributed by atoms with Crippen molar-refractivity contribution in [2.45, 2.75) is 52.2 Å². The normalized spacial score (nSPS) is 24.6. The van der Waals surface area contributed by atoms with E-state index >= 15 is 0 Å². The van der Waals surface area contributed by atoms with Crippen LogP contribution in [-0.2, 0) is 11.2 Å². The van der Waals surface area contributed by atoms with Gasteiger partial charge < -0.3 is 10.1 Å². The Morgan fingerprint density at radius 1 is 1.47 bits per heavy atom. The van der Waals surface area contributed by atoms with E-state index in [1.54, 1.807) is 0 Å². The van der Waals surface area contributed by atoms with Crippen LogP contribution < -0.4 is 5.32 Å². The minimum Gasteiger partial charge on any atom is -0.378 e. The third-order valence-electron chi connectivity index (χ3n) is 4.01. The first-order valence-corrected chi connectivity index (χ1v) is 7.47. The third kappa shape index (κ3) is 4.02. The van der Waals surface area contributed by atoms with Gasteiger partial charge in [0.2, 0.25) is 0 Å². The summed E-state index contributed by atoms with van der Waals surface area (Å²) in [5, 5.41) is 3.68. The predicted molar refractivity (Wildman–Crippen MR) is 78.3 cm³/mol. The average Bonchev–Trinajstić information content (AvgIpc) is 2.83. The number of nitrogens with zero attached hydrogens (tertiary/aromatic N) is 1. The molecule has 3 nitrogen and oxygen atoms in total. The van der Waals surface area contributed by atoms with Gasteiger partial charge in [0.05, 0.1) is 6.10 Å². The Hall–Kier alpha value is -0.930. The van der Waals surface area contributed by atoms with Crippen LogP contribution in [0.5, 0.6) is 0 Å². The summed E-state index contributed by atoms with van der Waals surface area (Å²) >= 11 is 0. The van der Waals surface area contributed by atoms with E-state index < -0.39 is 0 Å². The number of aryl methyl sites for hydroxylation is 1. The highest BCUT2D eigenvalue weighted by atomic mass is 16.5. The lowest BCUT2D eigenvalue weighted by molar-refractivity contribution is 0.0953. The number of nitrogens with one attached hydrogen (secondary N) is 1. The SMILES string of the molecule is CCCNC(Cc1ccc(C)cn1)C1CCOC1C. The number of hydrogen-bond donors (Lipinski definition) is 1. The van der Waals surface area contributed by atoms with Gasteiger partial charge in [-0.2, -0.15) is 0 Å². The summed E-state index contributed by atoms with van der Waals surface area (Å²) in [6.45, 7) is 8.46. The van der Waals surface area contributed by atoms with E-state index in [4.69, 9.17) is 4.74 Å². The van der Waals surface area contributed by atoms with Crippen molar-refractivity contribution in [3.8, 4) is 0 Å². The third-order valence-corrected chi connectivity index (χ3v) is 4.01. The summed E-state index contributed by atoms with van der Waals surface area (Å²) in [7, 11) is 0. The fraction of sp³-hybridized carbons (Fsp3) is 0.688. The Morgan fingerprint density at radius 3 is 2.89 bits per heavy atom. The van der Waals surface area contributed by atoms with Crippen LogP contribution in [-0.4, -0.2) is 30.3 Å². The zero-order valence-electron chi connectivity index (χ0n) is 12.4. The molecule has 1 fully saturated rings. The molecule has 0 bridgehead atoms. The monoisotopic (exact) mass is 262 g/mol. The van der Waals surface area contributed by atoms with Gasteiger partial charge in [-0.3, -0.25) is 4.98 Å². The highest BCUT2D eigenvalue weighted by Gasteiger charge is 2.31. The van der Waals surface area contributed by atoms with E-state index in [9.17, 15) is 0 Å². The molecule has 1 aromatic rings. The van der Waals surface area contributed by atoms with Crippen molar-refractivity contribution in [2.75, 3.05) is 13.2 Å². The van der Waals surface area contributed by atoms with Gasteiger partial charge in [0.25, 0.3) is 0 Å². The topological polar surface area (TPSA) is 34.2 Å². The first-order chi connectivity index (χ1) is 9.20. The fourth-order valence-corrected chi connectivity index (χ4v) is 2.83. The van der Waals surface area contributed by atoms with Gasteiger partial charge in [-0.1, -0.05) is 13.0 Å². The van der Waals surface area contributed by atoms with Crippen molar-refractivity contribution in [3.05, 3.63) is 29.6 Å². The molecule has 2 rings (SSSR count). The van der Waals surface area contributed by atoms with Crippen molar-refractivity contribution in [2.24, 2.45) is 5.92 Å². The summed E-state index contributed by atoms with van der Waals surface area (Å²) in [5.74, 6) is 0.606. The van der Waals surface area contributed by atoms with Crippen molar-refractivity contribution in [1.82, 2.24) is 10.3 Å². The predicted octanol–water partition coefficient (Wildman–Crippen LogP) is 2.73. The first-order valence-electron chi connectivity index (χ1n) is 7.47. The highest BCUT2D eigenvalue weighted by Crippen LogP contribution is 2.25. The molecule has 0 aliphatic carbocycles. The van der Waals surface area contributed by atoms with Crippen molar-refractivity contribution in [1.29, 1.82) is 0 Å². The number of aromatic nitrogens is 1. The average molecular weight is 262 g/mol. The number of pyridine rings is 1. The van der Waals surface area contributed by atoms with E-state index in [1.165, 1.54) is 17.7 Å². The Bertz CT molecular complexity index is 377. The maximum Gasteiger partial charge on any atom is 0.0590 e. The van der Waals surface area contributed by atoms with E-state index in [0.717, 1.165) is 26.0 Å². The van der Waals surface area contributed by atoms with Crippen molar-refractivity contribution >= 4 is 0 Å². The molecule has 1 aromatic heterocycles. The van der Waals surface area contributed by atoms with Crippen LogP contribution in [0, 0.1) is 12.8 Å². The maximum absolute atomic E-state index is 5.72. The van der Waals surface area contributed by atoms with Gasteiger partial charge in [-0.15, -0.1) is 0 Å². The van der Waals surface area contributed by atoms with Crippen LogP contribution >= 0.6 is 0 Å². The van der Waals surface area contributed by atoms with Crippen LogP contribution in [0.4, 0.5) is 0 Å². The van der Waals surface area contributed by atoms with Crippen LogP contribution in [0.15, 0.2) is 18.3 Å². The highest BCUT2D eigenvalue weighted by molar-refractivity contribution is 5.13. The van der Waals surface area contributed by atoms with Crippen LogP contribution in [0.2, 0.25) is 0 Å². The molecule has 0 radical (unpaired) electrons. The molecule has 3 atom stereocenters. The molecule has 3 unspecified atom stereocenters. The zero-order valence-corrected chi connectivity index (χ0v) is 12.4. The standard InChI is InChI=1S/C16H26N2O/c1-4-8-17-16(15-7-9-19-13(15)3)10-14-6-5-12(2)11-18-14/h5-6,11,13,15-17H,4,7-10H2,1-3H3. The maximum atomic E-state index is 5.72. The minimum absolute atomic E-state index is 0.361. The summed E-state index contributed by atoms with van der Waals surface area (Å²) in [5.41, 5.74) is 2.40. The second kappa shape index (κ2) is 7.01. The molecular formula is C16H26N2O. The summed E-state index contributed by atoms with van der Waals surface area (Å²) in [6.07, 6.45) is 5.65. The smallest absolute Gasteiger partial charge is 0.0590 e. The lowest BCUT2D eigenvalue weighted by Crippen LogP contribution is -2.41. The summed E-state index contributed by atoms with van der Waals surface area (Å²) in [6, 6.07) is 4.78. The molecule has 106 valence electrons. The molecule has 1 N–H and O–H groups in total. The fourth-order valence-electron chi connectivity index (χ4n) is 2.83. The number of ether oxygens (including phenoxy) is 1. The van der Waals surface area contributed by atoms with Gasteiger partial charge >= 0.3 is 0 Å². The summed E-state index contributed by atoms with van der Waals surface area (Å²) < 4.78 is 5.72. The second-order valence-electron chi connectivity index (χ2n) is 5.62. The number of hydrogen-bond acceptors (Lipinski definition) is 3. The van der Waals surface area contributed by atoms with E-state index in [2.05, 4.69) is 43.2 Å². The van der Waals surface area contributed by atoms with Crippen molar-refractivity contribution in [3.63, 3.8) is 0 Å². The molecule has 1 aliphatic heterocycles. The molecule has 0 saturated carbocycles. The number of rotatable bonds is 6. The second-order valence-corrected chi connectivity index (χ2v) is 5.62. The van der Waals surface area contributed by atoms with Crippen LogP contribution in [0.1, 0.15) is 37.9 Å². The Kier molecular flexibility index (Phi) is 5.34. The molecular weight excluding hydrogens is 236 g/mol. The molecule has 2 heterocycles. The van der Waals surface area contributed by atoms with Crippen molar-refractivity contribution < 1.29 is 4.74 Å². The molecule has 0 amide bonds. The largest absolute Gasteiger partial charge is 0.378 e. The lowest BCUT2D eigenvalue weighted by atomic mass is 9.90. The van der Waals surface area contributed by atoms with Gasteiger partial charge in [0.1, 0.15) is 0 Å². The van der Waals surface area contributed by atoms with Gasteiger partial charge in [-0.25, -0.2) is 0 Å². The van der Waals surface area contributed by atoms with Gasteiger partial charge in [0, 0.05) is 36.9 Å². The molecule has 0 spiro atoms. The minimum atomic E-state index is 0.361. The van der Waals surface area contributed by atoms with E-state index in [1.807, 2.05) is 6.20 Å². The van der Waals surface area contributed by atoms with Crippen LogP contribution in [0.3, 0.4) is 0 Å². The molecule has 19 heavy (non-hydrogen) atoms. The van der Waals surface area contributed by atoms with Gasteiger partial charge in [-0.05, 0) is 44.9 Å². The Balaban J connectivity index is 2.02. The Labute approximate surface area is 116 Å². The van der Waals surface area contributed by atoms with E-state index in [0.29, 0.717) is 18.1 Å². The zero-order chi connectivity index (χ0) is 13.7. The van der Waals surface area contributed by atoms with Crippen LogP contribution in [0.25, 0.3) is 0 Å². The Morgan fingerprint density at radius 2 is 2.32 bits per heavy atom. The molecule has 1 saturated heterocycles. The summed E-state index contributed by atoms with van der Waals surface area (Å²) in [4.78, 5) is 4.54. The lowest BCUT2D eigenvalue weighted by Gasteiger charge is -2.26. The molecule has 3 heteroatoms. The molecule has 0 aromatic carbocycles. The quantitative estimate of drug-likeness (QED) is 0.856. The first kappa shape index (κ1) is 14.5. The molecule has 1 aliphatic rings. The van der Waals surface area contributed by atoms with E-state index in [-0.39, 0.29) is 0 Å². The van der Waals surface area contributed by atoms with Gasteiger partial charge in [0.15, 0.2) is 0 Å².